The van der Waals surface area contributed by atoms with Crippen LogP contribution in [0.2, 0.25) is 0 Å². The summed E-state index contributed by atoms with van der Waals surface area (Å²) in [5.74, 6) is -0.0291. The van der Waals surface area contributed by atoms with E-state index < -0.39 is 10.0 Å². The lowest BCUT2D eigenvalue weighted by atomic mass is 10.1. The molecule has 0 aliphatic carbocycles. The van der Waals surface area contributed by atoms with Gasteiger partial charge in [0.15, 0.2) is 5.76 Å². The molecule has 0 spiro atoms. The second-order valence-electron chi connectivity index (χ2n) is 5.95. The number of aromatic nitrogens is 1. The number of imide groups is 1. The first-order valence-electron chi connectivity index (χ1n) is 7.60. The number of hydrogen-bond acceptors (Lipinski definition) is 6. The Labute approximate surface area is 134 Å². The summed E-state index contributed by atoms with van der Waals surface area (Å²) in [5, 5.41) is 3.70. The van der Waals surface area contributed by atoms with Crippen molar-refractivity contribution >= 4 is 21.8 Å². The van der Waals surface area contributed by atoms with Gasteiger partial charge in [0.25, 0.3) is 0 Å². The number of carbonyl (C=O) groups is 2. The summed E-state index contributed by atoms with van der Waals surface area (Å²) in [5.41, 5.74) is 0.342. The SMILES string of the molecule is Cc1noc(C)c1S(=O)(=O)N1CCC(N2C(=O)CCC2=O)CC1. The Morgan fingerprint density at radius 1 is 1.09 bits per heavy atom. The molecule has 2 aliphatic rings. The summed E-state index contributed by atoms with van der Waals surface area (Å²) in [6, 6.07) is -0.200. The van der Waals surface area contributed by atoms with Crippen LogP contribution < -0.4 is 0 Å². The second-order valence-corrected chi connectivity index (χ2v) is 7.82. The summed E-state index contributed by atoms with van der Waals surface area (Å²) in [6.07, 6.45) is 1.44. The van der Waals surface area contributed by atoms with E-state index in [9.17, 15) is 18.0 Å². The lowest BCUT2D eigenvalue weighted by Gasteiger charge is -2.34. The molecule has 2 amide bonds. The number of likely N-dealkylation sites (tertiary alicyclic amines) is 1. The fourth-order valence-electron chi connectivity index (χ4n) is 3.31. The zero-order valence-corrected chi connectivity index (χ0v) is 13.9. The van der Waals surface area contributed by atoms with E-state index >= 15 is 0 Å². The van der Waals surface area contributed by atoms with Crippen molar-refractivity contribution in [2.24, 2.45) is 0 Å². The zero-order chi connectivity index (χ0) is 16.8. The molecule has 0 bridgehead atoms. The van der Waals surface area contributed by atoms with E-state index in [2.05, 4.69) is 5.16 Å². The molecule has 8 nitrogen and oxygen atoms in total. The predicted molar refractivity (Wildman–Crippen MR) is 78.8 cm³/mol. The number of amides is 2. The van der Waals surface area contributed by atoms with Crippen LogP contribution in [-0.2, 0) is 19.6 Å². The molecule has 23 heavy (non-hydrogen) atoms. The summed E-state index contributed by atoms with van der Waals surface area (Å²) in [6.45, 7) is 3.71. The van der Waals surface area contributed by atoms with Crippen molar-refractivity contribution < 1.29 is 22.5 Å². The Bertz CT molecular complexity index is 711. The molecule has 0 radical (unpaired) electrons. The fraction of sp³-hybridized carbons (Fsp3) is 0.643. The van der Waals surface area contributed by atoms with Gasteiger partial charge in [-0.1, -0.05) is 5.16 Å². The third kappa shape index (κ3) is 2.67. The van der Waals surface area contributed by atoms with Crippen LogP contribution in [0, 0.1) is 13.8 Å². The van der Waals surface area contributed by atoms with Gasteiger partial charge < -0.3 is 4.52 Å². The highest BCUT2D eigenvalue weighted by Gasteiger charge is 2.39. The van der Waals surface area contributed by atoms with Crippen molar-refractivity contribution in [1.82, 2.24) is 14.4 Å². The molecule has 1 aromatic rings. The monoisotopic (exact) mass is 341 g/mol. The Kier molecular flexibility index (Phi) is 4.01. The van der Waals surface area contributed by atoms with Gasteiger partial charge in [-0.3, -0.25) is 14.5 Å². The van der Waals surface area contributed by atoms with Crippen molar-refractivity contribution in [3.8, 4) is 0 Å². The minimum Gasteiger partial charge on any atom is -0.360 e. The van der Waals surface area contributed by atoms with Gasteiger partial charge >= 0.3 is 0 Å². The average Bonchev–Trinajstić information content (AvgIpc) is 3.02. The van der Waals surface area contributed by atoms with Crippen LogP contribution in [0.1, 0.15) is 37.1 Å². The van der Waals surface area contributed by atoms with E-state index in [-0.39, 0.29) is 54.4 Å². The minimum absolute atomic E-state index is 0.115. The predicted octanol–water partition coefficient (Wildman–Crippen LogP) is 0.594. The number of sulfonamides is 1. The van der Waals surface area contributed by atoms with Crippen molar-refractivity contribution in [3.05, 3.63) is 11.5 Å². The Morgan fingerprint density at radius 2 is 1.65 bits per heavy atom. The molecule has 9 heteroatoms. The lowest BCUT2D eigenvalue weighted by Crippen LogP contribution is -2.48. The zero-order valence-electron chi connectivity index (χ0n) is 13.1. The smallest absolute Gasteiger partial charge is 0.248 e. The van der Waals surface area contributed by atoms with Gasteiger partial charge in [-0.25, -0.2) is 8.42 Å². The number of piperidine rings is 1. The lowest BCUT2D eigenvalue weighted by molar-refractivity contribution is -0.141. The number of nitrogens with zero attached hydrogens (tertiary/aromatic N) is 3. The number of hydrogen-bond donors (Lipinski definition) is 0. The number of rotatable bonds is 3. The molecule has 126 valence electrons. The molecule has 2 saturated heterocycles. The number of aryl methyl sites for hydroxylation is 2. The van der Waals surface area contributed by atoms with Gasteiger partial charge in [0, 0.05) is 32.0 Å². The van der Waals surface area contributed by atoms with Crippen LogP contribution in [0.3, 0.4) is 0 Å². The molecule has 0 aromatic carbocycles. The van der Waals surface area contributed by atoms with Gasteiger partial charge in [0.05, 0.1) is 0 Å². The third-order valence-electron chi connectivity index (χ3n) is 4.44. The first kappa shape index (κ1) is 16.1. The van der Waals surface area contributed by atoms with Gasteiger partial charge in [0.1, 0.15) is 10.6 Å². The Morgan fingerprint density at radius 3 is 2.13 bits per heavy atom. The van der Waals surface area contributed by atoms with Crippen LogP contribution in [0.15, 0.2) is 9.42 Å². The summed E-state index contributed by atoms with van der Waals surface area (Å²) < 4.78 is 31.8. The number of carbonyl (C=O) groups excluding carboxylic acids is 2. The molecule has 0 atom stereocenters. The van der Waals surface area contributed by atoms with Crippen LogP contribution >= 0.6 is 0 Å². The van der Waals surface area contributed by atoms with Crippen LogP contribution in [0.4, 0.5) is 0 Å². The molecule has 3 heterocycles. The molecule has 2 fully saturated rings. The largest absolute Gasteiger partial charge is 0.360 e. The van der Waals surface area contributed by atoms with Gasteiger partial charge in [-0.05, 0) is 26.7 Å². The topological polar surface area (TPSA) is 101 Å². The molecule has 0 unspecified atom stereocenters. The van der Waals surface area contributed by atoms with Crippen molar-refractivity contribution in [2.45, 2.75) is 50.5 Å². The van der Waals surface area contributed by atoms with E-state index in [1.807, 2.05) is 0 Å². The second kappa shape index (κ2) is 5.72. The normalized spacial score (nSPS) is 21.4. The maximum atomic E-state index is 12.7. The van der Waals surface area contributed by atoms with E-state index in [1.165, 1.54) is 9.21 Å². The van der Waals surface area contributed by atoms with E-state index in [0.717, 1.165) is 0 Å². The minimum atomic E-state index is -3.67. The fourth-order valence-corrected chi connectivity index (χ4v) is 5.07. The maximum absolute atomic E-state index is 12.7. The quantitative estimate of drug-likeness (QED) is 0.746. The summed E-state index contributed by atoms with van der Waals surface area (Å²) >= 11 is 0. The molecular formula is C14H19N3O5S. The van der Waals surface area contributed by atoms with Crippen LogP contribution in [-0.4, -0.2) is 53.7 Å². The third-order valence-corrected chi connectivity index (χ3v) is 6.59. The maximum Gasteiger partial charge on any atom is 0.248 e. The first-order valence-corrected chi connectivity index (χ1v) is 9.04. The van der Waals surface area contributed by atoms with Crippen molar-refractivity contribution in [1.29, 1.82) is 0 Å². The molecule has 0 saturated carbocycles. The Hall–Kier alpha value is -1.74. The molecule has 2 aliphatic heterocycles. The summed E-state index contributed by atoms with van der Waals surface area (Å²) in [4.78, 5) is 25.0. The Balaban J connectivity index is 1.74. The molecule has 3 rings (SSSR count). The molecule has 0 N–H and O–H groups in total. The average molecular weight is 341 g/mol. The highest BCUT2D eigenvalue weighted by molar-refractivity contribution is 7.89. The standard InChI is InChI=1S/C14H19N3O5S/c1-9-14(10(2)22-15-9)23(20,21)16-7-5-11(6-8-16)17-12(18)3-4-13(17)19/h11H,3-8H2,1-2H3. The van der Waals surface area contributed by atoms with E-state index in [0.29, 0.717) is 18.5 Å². The van der Waals surface area contributed by atoms with E-state index in [4.69, 9.17) is 4.52 Å². The van der Waals surface area contributed by atoms with Gasteiger partial charge in [0.2, 0.25) is 21.8 Å². The summed E-state index contributed by atoms with van der Waals surface area (Å²) in [7, 11) is -3.67. The molecular weight excluding hydrogens is 322 g/mol. The highest BCUT2D eigenvalue weighted by atomic mass is 32.2. The highest BCUT2D eigenvalue weighted by Crippen LogP contribution is 2.28. The molecule has 1 aromatic heterocycles. The van der Waals surface area contributed by atoms with Crippen molar-refractivity contribution in [3.63, 3.8) is 0 Å². The van der Waals surface area contributed by atoms with E-state index in [1.54, 1.807) is 13.8 Å². The van der Waals surface area contributed by atoms with Gasteiger partial charge in [-0.15, -0.1) is 0 Å². The van der Waals surface area contributed by atoms with Gasteiger partial charge in [-0.2, -0.15) is 4.31 Å². The van der Waals surface area contributed by atoms with Crippen molar-refractivity contribution in [2.75, 3.05) is 13.1 Å². The van der Waals surface area contributed by atoms with Crippen LogP contribution in [0.5, 0.6) is 0 Å². The van der Waals surface area contributed by atoms with Crippen LogP contribution in [0.25, 0.3) is 0 Å². The first-order chi connectivity index (χ1) is 10.8.